The van der Waals surface area contributed by atoms with Gasteiger partial charge < -0.3 is 0 Å². The van der Waals surface area contributed by atoms with E-state index in [1.807, 2.05) is 25.1 Å². The molecule has 0 radical (unpaired) electrons. The third-order valence-electron chi connectivity index (χ3n) is 6.26. The van der Waals surface area contributed by atoms with Gasteiger partial charge in [-0.15, -0.1) is 0 Å². The number of anilines is 1. The fourth-order valence-electron chi connectivity index (χ4n) is 4.51. The standard InChI is InChI=1S/C24H25N3O3S/c1-17-6-5-7-19-16-20-12-15-27(23(20)25-22(17)19)24(28)18-8-10-21(11-9-18)31(29,30)26-13-3-2-4-14-26/h5-11,16H,2-4,12-15H2,1H3. The van der Waals surface area contributed by atoms with Crippen molar-refractivity contribution in [3.8, 4) is 0 Å². The minimum atomic E-state index is -3.51. The SMILES string of the molecule is Cc1cccc2cc3c(nc12)N(C(=O)c1ccc(S(=O)(=O)N2CCCCC2)cc1)CC3. The molecule has 6 nitrogen and oxygen atoms in total. The zero-order valence-corrected chi connectivity index (χ0v) is 18.4. The number of nitrogens with zero attached hydrogens (tertiary/aromatic N) is 3. The van der Waals surface area contributed by atoms with Crippen LogP contribution in [0.5, 0.6) is 0 Å². The van der Waals surface area contributed by atoms with Gasteiger partial charge in [-0.05, 0) is 67.6 Å². The molecule has 0 aliphatic carbocycles. The smallest absolute Gasteiger partial charge is 0.259 e. The number of hydrogen-bond donors (Lipinski definition) is 0. The minimum Gasteiger partial charge on any atom is -0.292 e. The number of aryl methyl sites for hydroxylation is 1. The summed E-state index contributed by atoms with van der Waals surface area (Å²) in [5.41, 5.74) is 3.52. The topological polar surface area (TPSA) is 70.6 Å². The number of carbonyl (C=O) groups excluding carboxylic acids is 1. The molecular weight excluding hydrogens is 410 g/mol. The number of fused-ring (bicyclic) bond motifs is 2. The van der Waals surface area contributed by atoms with Crippen LogP contribution in [0.15, 0.2) is 53.4 Å². The summed E-state index contributed by atoms with van der Waals surface area (Å²) >= 11 is 0. The van der Waals surface area contributed by atoms with Crippen molar-refractivity contribution >= 4 is 32.7 Å². The van der Waals surface area contributed by atoms with E-state index in [1.54, 1.807) is 33.5 Å². The molecule has 0 N–H and O–H groups in total. The predicted octanol–water partition coefficient (Wildman–Crippen LogP) is 3.92. The third-order valence-corrected chi connectivity index (χ3v) is 8.18. The first-order chi connectivity index (χ1) is 14.9. The van der Waals surface area contributed by atoms with Crippen molar-refractivity contribution in [2.24, 2.45) is 0 Å². The van der Waals surface area contributed by atoms with Gasteiger partial charge in [0.05, 0.1) is 10.4 Å². The van der Waals surface area contributed by atoms with Crippen LogP contribution in [0.2, 0.25) is 0 Å². The molecule has 3 aromatic rings. The highest BCUT2D eigenvalue weighted by Gasteiger charge is 2.29. The molecule has 1 aromatic heterocycles. The highest BCUT2D eigenvalue weighted by atomic mass is 32.2. The largest absolute Gasteiger partial charge is 0.292 e. The van der Waals surface area contributed by atoms with Crippen molar-refractivity contribution in [1.82, 2.24) is 9.29 Å². The molecule has 2 aromatic carbocycles. The van der Waals surface area contributed by atoms with E-state index in [1.165, 1.54) is 0 Å². The van der Waals surface area contributed by atoms with Crippen molar-refractivity contribution in [3.63, 3.8) is 0 Å². The Balaban J connectivity index is 1.42. The van der Waals surface area contributed by atoms with Gasteiger partial charge in [0.1, 0.15) is 5.82 Å². The normalized spacial score (nSPS) is 17.1. The van der Waals surface area contributed by atoms with Gasteiger partial charge in [-0.1, -0.05) is 24.6 Å². The van der Waals surface area contributed by atoms with Crippen LogP contribution in [-0.2, 0) is 16.4 Å². The van der Waals surface area contributed by atoms with E-state index in [0.717, 1.165) is 47.7 Å². The van der Waals surface area contributed by atoms with Crippen LogP contribution in [0.1, 0.15) is 40.7 Å². The molecule has 31 heavy (non-hydrogen) atoms. The van der Waals surface area contributed by atoms with Crippen molar-refractivity contribution in [1.29, 1.82) is 0 Å². The van der Waals surface area contributed by atoms with Crippen molar-refractivity contribution in [2.45, 2.75) is 37.5 Å². The lowest BCUT2D eigenvalue weighted by Gasteiger charge is -2.26. The van der Waals surface area contributed by atoms with Gasteiger partial charge in [0, 0.05) is 30.6 Å². The second kappa shape index (κ2) is 7.73. The Kier molecular flexibility index (Phi) is 5.02. The fourth-order valence-corrected chi connectivity index (χ4v) is 6.03. The summed E-state index contributed by atoms with van der Waals surface area (Å²) in [5.74, 6) is 0.554. The lowest BCUT2D eigenvalue weighted by Crippen LogP contribution is -2.35. The van der Waals surface area contributed by atoms with E-state index in [4.69, 9.17) is 4.98 Å². The molecule has 0 saturated carbocycles. The second-order valence-corrected chi connectivity index (χ2v) is 10.3. The third kappa shape index (κ3) is 3.51. The fraction of sp³-hybridized carbons (Fsp3) is 0.333. The molecule has 0 bridgehead atoms. The number of carbonyl (C=O) groups is 1. The van der Waals surface area contributed by atoms with Crippen LogP contribution >= 0.6 is 0 Å². The van der Waals surface area contributed by atoms with E-state index >= 15 is 0 Å². The molecule has 2 aliphatic rings. The molecule has 0 atom stereocenters. The van der Waals surface area contributed by atoms with Gasteiger partial charge in [0.15, 0.2) is 0 Å². The Morgan fingerprint density at radius 3 is 2.45 bits per heavy atom. The monoisotopic (exact) mass is 435 g/mol. The van der Waals surface area contributed by atoms with Crippen LogP contribution < -0.4 is 4.90 Å². The number of pyridine rings is 1. The number of hydrogen-bond acceptors (Lipinski definition) is 4. The highest BCUT2D eigenvalue weighted by Crippen LogP contribution is 2.32. The average Bonchev–Trinajstić information content (AvgIpc) is 3.21. The Hall–Kier alpha value is -2.77. The van der Waals surface area contributed by atoms with E-state index < -0.39 is 10.0 Å². The lowest BCUT2D eigenvalue weighted by molar-refractivity contribution is 0.0988. The van der Waals surface area contributed by atoms with Crippen molar-refractivity contribution < 1.29 is 13.2 Å². The molecular formula is C24H25N3O3S. The van der Waals surface area contributed by atoms with Crippen LogP contribution in [0, 0.1) is 6.92 Å². The number of para-hydroxylation sites is 1. The van der Waals surface area contributed by atoms with Crippen LogP contribution in [-0.4, -0.2) is 43.2 Å². The summed E-state index contributed by atoms with van der Waals surface area (Å²) in [5, 5.41) is 1.08. The first-order valence-corrected chi connectivity index (χ1v) is 12.2. The summed E-state index contributed by atoms with van der Waals surface area (Å²) < 4.78 is 27.3. The Labute approximate surface area is 182 Å². The molecule has 3 heterocycles. The highest BCUT2D eigenvalue weighted by molar-refractivity contribution is 7.89. The van der Waals surface area contributed by atoms with Crippen LogP contribution in [0.3, 0.4) is 0 Å². The summed E-state index contributed by atoms with van der Waals surface area (Å²) in [6.07, 6.45) is 3.62. The molecule has 7 heteroatoms. The second-order valence-electron chi connectivity index (χ2n) is 8.31. The Morgan fingerprint density at radius 2 is 1.71 bits per heavy atom. The quantitative estimate of drug-likeness (QED) is 0.625. The van der Waals surface area contributed by atoms with Gasteiger partial charge in [-0.25, -0.2) is 13.4 Å². The zero-order valence-electron chi connectivity index (χ0n) is 17.5. The van der Waals surface area contributed by atoms with Crippen molar-refractivity contribution in [3.05, 3.63) is 65.2 Å². The first kappa shape index (κ1) is 20.2. The Bertz CT molecular complexity index is 1260. The van der Waals surface area contributed by atoms with Crippen LogP contribution in [0.25, 0.3) is 10.9 Å². The lowest BCUT2D eigenvalue weighted by atomic mass is 10.1. The predicted molar refractivity (Wildman–Crippen MR) is 121 cm³/mol. The maximum absolute atomic E-state index is 13.2. The van der Waals surface area contributed by atoms with E-state index in [2.05, 4.69) is 6.07 Å². The van der Waals surface area contributed by atoms with Gasteiger partial charge in [-0.2, -0.15) is 4.31 Å². The number of benzene rings is 2. The number of rotatable bonds is 3. The van der Waals surface area contributed by atoms with Gasteiger partial charge in [-0.3, -0.25) is 9.69 Å². The zero-order chi connectivity index (χ0) is 21.6. The molecule has 0 unspecified atom stereocenters. The molecule has 1 fully saturated rings. The summed E-state index contributed by atoms with van der Waals surface area (Å²) in [6.45, 7) is 3.72. The van der Waals surface area contributed by atoms with Crippen molar-refractivity contribution in [2.75, 3.05) is 24.5 Å². The summed E-state index contributed by atoms with van der Waals surface area (Å²) in [6, 6.07) is 14.5. The number of aromatic nitrogens is 1. The van der Waals surface area contributed by atoms with E-state index in [9.17, 15) is 13.2 Å². The van der Waals surface area contributed by atoms with Gasteiger partial charge in [0.2, 0.25) is 10.0 Å². The molecule has 2 aliphatic heterocycles. The first-order valence-electron chi connectivity index (χ1n) is 10.8. The molecule has 0 spiro atoms. The summed E-state index contributed by atoms with van der Waals surface area (Å²) in [4.78, 5) is 20.0. The molecule has 1 amide bonds. The number of piperidine rings is 1. The average molecular weight is 436 g/mol. The van der Waals surface area contributed by atoms with Crippen LogP contribution in [0.4, 0.5) is 5.82 Å². The van der Waals surface area contributed by atoms with Gasteiger partial charge in [0.25, 0.3) is 5.91 Å². The maximum Gasteiger partial charge on any atom is 0.259 e. The maximum atomic E-state index is 13.2. The number of sulfonamides is 1. The minimum absolute atomic E-state index is 0.152. The summed E-state index contributed by atoms with van der Waals surface area (Å²) in [7, 11) is -3.51. The Morgan fingerprint density at radius 1 is 0.968 bits per heavy atom. The van der Waals surface area contributed by atoms with Gasteiger partial charge >= 0.3 is 0 Å². The number of amides is 1. The van der Waals surface area contributed by atoms with E-state index in [0.29, 0.717) is 31.0 Å². The van der Waals surface area contributed by atoms with E-state index in [-0.39, 0.29) is 10.8 Å². The molecule has 160 valence electrons. The molecule has 1 saturated heterocycles. The molecule has 5 rings (SSSR count).